The van der Waals surface area contributed by atoms with Gasteiger partial charge in [-0.3, -0.25) is 9.97 Å². The van der Waals surface area contributed by atoms with Crippen LogP contribution in [-0.4, -0.2) is 37.2 Å². The molecule has 0 aliphatic rings. The lowest BCUT2D eigenvalue weighted by atomic mass is 10.1. The lowest BCUT2D eigenvalue weighted by molar-refractivity contribution is 0.905. The summed E-state index contributed by atoms with van der Waals surface area (Å²) >= 11 is 0. The van der Waals surface area contributed by atoms with Crippen LogP contribution in [0.2, 0.25) is 0 Å². The molecule has 0 saturated carbocycles. The van der Waals surface area contributed by atoms with E-state index in [9.17, 15) is 0 Å². The molecule has 6 nitrogen and oxygen atoms in total. The molecule has 2 aromatic carbocycles. The summed E-state index contributed by atoms with van der Waals surface area (Å²) in [6.07, 6.45) is 16.8. The Morgan fingerprint density at radius 1 is 0.591 bits per heavy atom. The minimum atomic E-state index is 0. The van der Waals surface area contributed by atoms with Crippen LogP contribution in [0.25, 0.3) is 24.3 Å². The molecule has 0 bridgehead atoms. The number of nitrogens with zero attached hydrogens (tertiary/aromatic N) is 6. The van der Waals surface area contributed by atoms with E-state index in [2.05, 4.69) is 119 Å². The Hall–Kier alpha value is -4.24. The van der Waals surface area contributed by atoms with E-state index in [0.29, 0.717) is 12.8 Å². The summed E-state index contributed by atoms with van der Waals surface area (Å²) in [5.74, 6) is 0. The van der Waals surface area contributed by atoms with Crippen molar-refractivity contribution in [1.29, 1.82) is 10.5 Å². The Balaban J connectivity index is 0.000000421. The van der Waals surface area contributed by atoms with Crippen molar-refractivity contribution in [3.8, 4) is 12.1 Å². The lowest BCUT2D eigenvalue weighted by Crippen LogP contribution is -2.17. The van der Waals surface area contributed by atoms with Crippen LogP contribution in [0.5, 0.6) is 0 Å². The molecular formula is C36H40Br2N6. The first-order chi connectivity index (χ1) is 20.4. The normalized spacial score (nSPS) is 10.0. The molecule has 0 atom stereocenters. The molecule has 44 heavy (non-hydrogen) atoms. The van der Waals surface area contributed by atoms with E-state index in [0.717, 1.165) is 35.6 Å². The van der Waals surface area contributed by atoms with E-state index in [1.54, 1.807) is 12.4 Å². The van der Waals surface area contributed by atoms with E-state index < -0.39 is 0 Å². The van der Waals surface area contributed by atoms with Gasteiger partial charge in [0.15, 0.2) is 0 Å². The number of aryl methyl sites for hydroxylation is 2. The van der Waals surface area contributed by atoms with E-state index in [1.165, 1.54) is 22.3 Å². The van der Waals surface area contributed by atoms with Gasteiger partial charge in [-0.2, -0.15) is 10.5 Å². The van der Waals surface area contributed by atoms with Gasteiger partial charge >= 0.3 is 0 Å². The van der Waals surface area contributed by atoms with Gasteiger partial charge in [-0.15, -0.1) is 34.0 Å². The largest absolute Gasteiger partial charge is 0.374 e. The zero-order valence-electron chi connectivity index (χ0n) is 25.7. The molecule has 0 aliphatic carbocycles. The van der Waals surface area contributed by atoms with E-state index >= 15 is 0 Å². The third-order valence-corrected chi connectivity index (χ3v) is 6.82. The molecule has 228 valence electrons. The summed E-state index contributed by atoms with van der Waals surface area (Å²) in [7, 11) is 4.00. The molecule has 2 heterocycles. The highest BCUT2D eigenvalue weighted by Crippen LogP contribution is 2.18. The van der Waals surface area contributed by atoms with Crippen molar-refractivity contribution in [2.24, 2.45) is 0 Å². The maximum atomic E-state index is 8.62. The zero-order chi connectivity index (χ0) is 30.2. The molecule has 0 fully saturated rings. The number of aromatic nitrogens is 2. The van der Waals surface area contributed by atoms with Crippen LogP contribution >= 0.6 is 34.0 Å². The predicted molar refractivity (Wildman–Crippen MR) is 196 cm³/mol. The molecule has 0 N–H and O–H groups in total. The minimum Gasteiger partial charge on any atom is -0.374 e. The molecule has 0 spiro atoms. The summed E-state index contributed by atoms with van der Waals surface area (Å²) < 4.78 is 0. The number of hydrogen-bond donors (Lipinski definition) is 0. The number of benzene rings is 2. The molecule has 4 aromatic rings. The Morgan fingerprint density at radius 3 is 1.27 bits per heavy atom. The second kappa shape index (κ2) is 20.6. The van der Waals surface area contributed by atoms with Crippen molar-refractivity contribution in [3.63, 3.8) is 0 Å². The van der Waals surface area contributed by atoms with Crippen LogP contribution in [0.3, 0.4) is 0 Å². The monoisotopic (exact) mass is 714 g/mol. The number of rotatable bonds is 10. The molecule has 0 amide bonds. The third-order valence-electron chi connectivity index (χ3n) is 6.82. The van der Waals surface area contributed by atoms with Crippen LogP contribution in [0, 0.1) is 36.5 Å². The quantitative estimate of drug-likeness (QED) is 0.163. The number of nitriles is 2. The summed E-state index contributed by atoms with van der Waals surface area (Å²) in [4.78, 5) is 12.4. The average molecular weight is 717 g/mol. The van der Waals surface area contributed by atoms with Gasteiger partial charge in [-0.1, -0.05) is 48.6 Å². The summed E-state index contributed by atoms with van der Waals surface area (Å²) in [6, 6.07) is 25.0. The predicted octanol–water partition coefficient (Wildman–Crippen LogP) is 8.98. The van der Waals surface area contributed by atoms with Crippen molar-refractivity contribution in [2.75, 3.05) is 37.0 Å². The second-order valence-electron chi connectivity index (χ2n) is 9.97. The van der Waals surface area contributed by atoms with Crippen LogP contribution in [-0.2, 0) is 0 Å². The number of hydrogen-bond acceptors (Lipinski definition) is 6. The maximum Gasteiger partial charge on any atom is 0.0640 e. The number of anilines is 2. The average Bonchev–Trinajstić information content (AvgIpc) is 3.02. The topological polar surface area (TPSA) is 79.8 Å². The third kappa shape index (κ3) is 12.6. The van der Waals surface area contributed by atoms with Crippen LogP contribution in [0.4, 0.5) is 11.4 Å². The highest BCUT2D eigenvalue weighted by molar-refractivity contribution is 8.93. The van der Waals surface area contributed by atoms with Crippen LogP contribution in [0.15, 0.2) is 85.5 Å². The fourth-order valence-corrected chi connectivity index (χ4v) is 4.09. The first-order valence-corrected chi connectivity index (χ1v) is 13.9. The zero-order valence-corrected chi connectivity index (χ0v) is 29.1. The molecular weight excluding hydrogens is 676 g/mol. The van der Waals surface area contributed by atoms with Crippen molar-refractivity contribution in [2.45, 2.75) is 26.7 Å². The molecule has 2 aromatic heterocycles. The highest BCUT2D eigenvalue weighted by Gasteiger charge is 2.01. The van der Waals surface area contributed by atoms with E-state index in [-0.39, 0.29) is 34.0 Å². The van der Waals surface area contributed by atoms with Gasteiger partial charge in [-0.25, -0.2) is 0 Å². The first-order valence-electron chi connectivity index (χ1n) is 13.9. The number of pyridine rings is 2. The molecule has 8 heteroatoms. The van der Waals surface area contributed by atoms with Gasteiger partial charge in [0.1, 0.15) is 0 Å². The standard InChI is InChI=1S/2C18H19N3.2BrH/c2*1-15-14-20-12-10-17(15)7-4-16-5-8-18(9-6-16)21(2)13-3-11-19;;/h2*4-10,12,14H,3,13H2,1-2H3;2*1H/b2*7-4+;;. The van der Waals surface area contributed by atoms with Crippen molar-refractivity contribution in [1.82, 2.24) is 9.97 Å². The summed E-state index contributed by atoms with van der Waals surface area (Å²) in [6.45, 7) is 5.61. The second-order valence-corrected chi connectivity index (χ2v) is 9.97. The van der Waals surface area contributed by atoms with E-state index in [1.807, 2.05) is 38.6 Å². The fourth-order valence-electron chi connectivity index (χ4n) is 4.09. The Morgan fingerprint density at radius 2 is 0.955 bits per heavy atom. The van der Waals surface area contributed by atoms with Crippen molar-refractivity contribution < 1.29 is 0 Å². The van der Waals surface area contributed by atoms with Gasteiger partial charge < -0.3 is 9.80 Å². The Bertz CT molecular complexity index is 1430. The van der Waals surface area contributed by atoms with Crippen LogP contribution < -0.4 is 9.80 Å². The summed E-state index contributed by atoms with van der Waals surface area (Å²) in [5.41, 5.74) is 9.26. The highest BCUT2D eigenvalue weighted by atomic mass is 79.9. The van der Waals surface area contributed by atoms with Gasteiger partial charge in [0, 0.05) is 63.3 Å². The van der Waals surface area contributed by atoms with Crippen molar-refractivity contribution in [3.05, 3.63) is 119 Å². The van der Waals surface area contributed by atoms with E-state index in [4.69, 9.17) is 10.5 Å². The molecule has 4 rings (SSSR count). The minimum absolute atomic E-state index is 0. The molecule has 0 aliphatic heterocycles. The maximum absolute atomic E-state index is 8.62. The van der Waals surface area contributed by atoms with Gasteiger partial charge in [0.2, 0.25) is 0 Å². The van der Waals surface area contributed by atoms with Crippen molar-refractivity contribution >= 4 is 69.6 Å². The fraction of sp³-hybridized carbons (Fsp3) is 0.222. The Labute approximate surface area is 283 Å². The smallest absolute Gasteiger partial charge is 0.0640 e. The van der Waals surface area contributed by atoms with Gasteiger partial charge in [0.05, 0.1) is 25.0 Å². The molecule has 0 radical (unpaired) electrons. The van der Waals surface area contributed by atoms with Gasteiger partial charge in [-0.05, 0) is 83.6 Å². The number of halogens is 2. The first kappa shape index (κ1) is 37.8. The van der Waals surface area contributed by atoms with Gasteiger partial charge in [0.25, 0.3) is 0 Å². The Kier molecular flexibility index (Phi) is 17.7. The molecule has 0 saturated heterocycles. The summed E-state index contributed by atoms with van der Waals surface area (Å²) in [5, 5.41) is 17.2. The van der Waals surface area contributed by atoms with Crippen LogP contribution in [0.1, 0.15) is 46.2 Å². The SMILES string of the molecule is Br.Br.Cc1cnccc1/C=C/c1ccc(N(C)CCC#N)cc1.Cc1cnccc1/C=C/c1ccc(N(C)CCC#N)cc1. The molecule has 0 unspecified atom stereocenters. The lowest BCUT2D eigenvalue weighted by Gasteiger charge is -2.17.